The van der Waals surface area contributed by atoms with Gasteiger partial charge < -0.3 is 15.5 Å². The zero-order chi connectivity index (χ0) is 12.4. The van der Waals surface area contributed by atoms with E-state index in [4.69, 9.17) is 0 Å². The Balaban J connectivity index is 1.57. The van der Waals surface area contributed by atoms with E-state index in [1.54, 1.807) is 0 Å². The Kier molecular flexibility index (Phi) is 3.09. The van der Waals surface area contributed by atoms with E-state index >= 15 is 0 Å². The highest BCUT2D eigenvalue weighted by Crippen LogP contribution is 2.22. The maximum Gasteiger partial charge on any atom is 0.319 e. The summed E-state index contributed by atoms with van der Waals surface area (Å²) in [5, 5.41) is 5.77. The van der Waals surface area contributed by atoms with Gasteiger partial charge in [0.2, 0.25) is 0 Å². The van der Waals surface area contributed by atoms with Crippen LogP contribution in [0.1, 0.15) is 25.7 Å². The van der Waals surface area contributed by atoms with E-state index in [9.17, 15) is 4.79 Å². The predicted molar refractivity (Wildman–Crippen MR) is 73.1 cm³/mol. The van der Waals surface area contributed by atoms with Gasteiger partial charge in [0.15, 0.2) is 0 Å². The molecule has 0 aromatic heterocycles. The van der Waals surface area contributed by atoms with Crippen molar-refractivity contribution in [2.45, 2.75) is 31.7 Å². The molecule has 2 N–H and O–H groups in total. The first-order valence-corrected chi connectivity index (χ1v) is 6.74. The van der Waals surface area contributed by atoms with Gasteiger partial charge in [-0.1, -0.05) is 0 Å². The number of amides is 2. The lowest BCUT2D eigenvalue weighted by Crippen LogP contribution is -2.30. The van der Waals surface area contributed by atoms with E-state index in [1.807, 2.05) is 12.1 Å². The van der Waals surface area contributed by atoms with E-state index < -0.39 is 0 Å². The Hall–Kier alpha value is -1.71. The van der Waals surface area contributed by atoms with Gasteiger partial charge in [-0.3, -0.25) is 0 Å². The van der Waals surface area contributed by atoms with E-state index in [0.717, 1.165) is 31.6 Å². The smallest absolute Gasteiger partial charge is 0.319 e. The molecule has 0 radical (unpaired) electrons. The third-order valence-corrected chi connectivity index (χ3v) is 3.51. The maximum atomic E-state index is 11.6. The van der Waals surface area contributed by atoms with Gasteiger partial charge in [-0.2, -0.15) is 0 Å². The number of hydrogen-bond donors (Lipinski definition) is 2. The Bertz CT molecular complexity index is 419. The Labute approximate surface area is 107 Å². The van der Waals surface area contributed by atoms with Gasteiger partial charge in [0, 0.05) is 30.5 Å². The number of anilines is 2. The average Bonchev–Trinajstić information content (AvgIpc) is 3.01. The molecule has 0 atom stereocenters. The second kappa shape index (κ2) is 4.88. The lowest BCUT2D eigenvalue weighted by atomic mass is 10.2. The van der Waals surface area contributed by atoms with Crippen molar-refractivity contribution in [3.63, 3.8) is 0 Å². The summed E-state index contributed by atoms with van der Waals surface area (Å²) in [6.45, 7) is 2.30. The van der Waals surface area contributed by atoms with Crippen LogP contribution in [0.25, 0.3) is 0 Å². The summed E-state index contributed by atoms with van der Waals surface area (Å²) in [6, 6.07) is 8.41. The molecule has 1 aromatic carbocycles. The van der Waals surface area contributed by atoms with E-state index in [0.29, 0.717) is 6.04 Å². The molecule has 18 heavy (non-hydrogen) atoms. The fourth-order valence-electron chi connectivity index (χ4n) is 2.31. The van der Waals surface area contributed by atoms with E-state index in [-0.39, 0.29) is 6.03 Å². The van der Waals surface area contributed by atoms with Crippen molar-refractivity contribution in [3.8, 4) is 0 Å². The number of hydrogen-bond acceptors (Lipinski definition) is 2. The van der Waals surface area contributed by atoms with Gasteiger partial charge in [-0.25, -0.2) is 4.79 Å². The Morgan fingerprint density at radius 2 is 1.78 bits per heavy atom. The molecule has 2 fully saturated rings. The number of nitrogens with one attached hydrogen (secondary N) is 2. The third-order valence-electron chi connectivity index (χ3n) is 3.51. The van der Waals surface area contributed by atoms with Gasteiger partial charge in [0.1, 0.15) is 0 Å². The SMILES string of the molecule is O=C(Nc1ccc(N2CCCC2)cc1)NC1CC1. The van der Waals surface area contributed by atoms with Crippen LogP contribution in [0.4, 0.5) is 16.2 Å². The summed E-state index contributed by atoms with van der Waals surface area (Å²) in [4.78, 5) is 14.0. The van der Waals surface area contributed by atoms with Gasteiger partial charge >= 0.3 is 6.03 Å². The number of benzene rings is 1. The zero-order valence-electron chi connectivity index (χ0n) is 10.5. The lowest BCUT2D eigenvalue weighted by Gasteiger charge is -2.17. The van der Waals surface area contributed by atoms with Crippen LogP contribution < -0.4 is 15.5 Å². The molecule has 1 aliphatic heterocycles. The van der Waals surface area contributed by atoms with E-state index in [1.165, 1.54) is 18.5 Å². The van der Waals surface area contributed by atoms with Crippen molar-refractivity contribution in [1.29, 1.82) is 0 Å². The highest BCUT2D eigenvalue weighted by molar-refractivity contribution is 5.89. The van der Waals surface area contributed by atoms with Gasteiger partial charge in [0.05, 0.1) is 0 Å². The Morgan fingerprint density at radius 1 is 1.11 bits per heavy atom. The van der Waals surface area contributed by atoms with Gasteiger partial charge in [-0.05, 0) is 49.9 Å². The summed E-state index contributed by atoms with van der Waals surface area (Å²) in [5.41, 5.74) is 2.11. The minimum atomic E-state index is -0.0913. The topological polar surface area (TPSA) is 44.4 Å². The molecule has 96 valence electrons. The molecule has 2 aliphatic rings. The number of carbonyl (C=O) groups is 1. The maximum absolute atomic E-state index is 11.6. The highest BCUT2D eigenvalue weighted by Gasteiger charge is 2.23. The summed E-state index contributed by atoms with van der Waals surface area (Å²) in [7, 11) is 0. The summed E-state index contributed by atoms with van der Waals surface area (Å²) in [6.07, 6.45) is 4.79. The normalized spacial score (nSPS) is 18.8. The highest BCUT2D eigenvalue weighted by atomic mass is 16.2. The fourth-order valence-corrected chi connectivity index (χ4v) is 2.31. The second-order valence-corrected chi connectivity index (χ2v) is 5.11. The minimum absolute atomic E-state index is 0.0913. The molecular weight excluding hydrogens is 226 g/mol. The van der Waals surface area contributed by atoms with Crippen molar-refractivity contribution >= 4 is 17.4 Å². The van der Waals surface area contributed by atoms with Gasteiger partial charge in [-0.15, -0.1) is 0 Å². The first-order valence-electron chi connectivity index (χ1n) is 6.74. The van der Waals surface area contributed by atoms with Crippen LogP contribution in [0.15, 0.2) is 24.3 Å². The van der Waals surface area contributed by atoms with Crippen LogP contribution in [-0.4, -0.2) is 25.2 Å². The molecule has 1 heterocycles. The summed E-state index contributed by atoms with van der Waals surface area (Å²) in [5.74, 6) is 0. The van der Waals surface area contributed by atoms with Crippen LogP contribution in [0.5, 0.6) is 0 Å². The molecule has 0 unspecified atom stereocenters. The van der Waals surface area contributed by atoms with Crippen molar-refractivity contribution in [2.24, 2.45) is 0 Å². The molecule has 1 saturated heterocycles. The molecule has 0 bridgehead atoms. The molecule has 1 aromatic rings. The molecule has 1 saturated carbocycles. The number of rotatable bonds is 3. The molecule has 2 amide bonds. The van der Waals surface area contributed by atoms with Crippen molar-refractivity contribution in [2.75, 3.05) is 23.3 Å². The molecule has 3 rings (SSSR count). The van der Waals surface area contributed by atoms with Crippen LogP contribution in [-0.2, 0) is 0 Å². The summed E-state index contributed by atoms with van der Waals surface area (Å²) >= 11 is 0. The quantitative estimate of drug-likeness (QED) is 0.859. The van der Waals surface area contributed by atoms with E-state index in [2.05, 4.69) is 27.7 Å². The molecule has 4 heteroatoms. The summed E-state index contributed by atoms with van der Waals surface area (Å²) < 4.78 is 0. The third kappa shape index (κ3) is 2.75. The van der Waals surface area contributed by atoms with Crippen LogP contribution in [0.2, 0.25) is 0 Å². The van der Waals surface area contributed by atoms with Crippen LogP contribution in [0, 0.1) is 0 Å². The number of urea groups is 1. The van der Waals surface area contributed by atoms with Crippen molar-refractivity contribution < 1.29 is 4.79 Å². The predicted octanol–water partition coefficient (Wildman–Crippen LogP) is 2.57. The van der Waals surface area contributed by atoms with Crippen LogP contribution >= 0.6 is 0 Å². The largest absolute Gasteiger partial charge is 0.372 e. The average molecular weight is 245 g/mol. The molecule has 1 aliphatic carbocycles. The molecular formula is C14H19N3O. The number of nitrogens with zero attached hydrogens (tertiary/aromatic N) is 1. The van der Waals surface area contributed by atoms with Crippen molar-refractivity contribution in [1.82, 2.24) is 5.32 Å². The van der Waals surface area contributed by atoms with Crippen LogP contribution in [0.3, 0.4) is 0 Å². The van der Waals surface area contributed by atoms with Crippen molar-refractivity contribution in [3.05, 3.63) is 24.3 Å². The first kappa shape index (κ1) is 11.4. The Morgan fingerprint density at radius 3 is 2.39 bits per heavy atom. The molecule has 4 nitrogen and oxygen atoms in total. The second-order valence-electron chi connectivity index (χ2n) is 5.11. The minimum Gasteiger partial charge on any atom is -0.372 e. The van der Waals surface area contributed by atoms with Gasteiger partial charge in [0.25, 0.3) is 0 Å². The standard InChI is InChI=1S/C14H19N3O/c18-14(15-11-3-4-11)16-12-5-7-13(8-6-12)17-9-1-2-10-17/h5-8,11H,1-4,9-10H2,(H2,15,16,18). The monoisotopic (exact) mass is 245 g/mol. The first-order chi connectivity index (χ1) is 8.81. The zero-order valence-corrected chi connectivity index (χ0v) is 10.5. The fraction of sp³-hybridized carbons (Fsp3) is 0.500. The molecule has 0 spiro atoms. The number of carbonyl (C=O) groups excluding carboxylic acids is 1. The lowest BCUT2D eigenvalue weighted by molar-refractivity contribution is 0.251.